The van der Waals surface area contributed by atoms with Gasteiger partial charge in [0.1, 0.15) is 0 Å². The van der Waals surface area contributed by atoms with Crippen LogP contribution in [0, 0.1) is 23.7 Å². The van der Waals surface area contributed by atoms with E-state index >= 15 is 0 Å². The van der Waals surface area contributed by atoms with Gasteiger partial charge in [0.05, 0.1) is 0 Å². The fourth-order valence-corrected chi connectivity index (χ4v) is 2.17. The molecule has 0 spiro atoms. The van der Waals surface area contributed by atoms with Gasteiger partial charge in [-0.15, -0.1) is 0 Å². The molecule has 2 aliphatic rings. The maximum absolute atomic E-state index is 2.76. The Labute approximate surface area is 95.2 Å². The molecule has 1 nitrogen and oxygen atoms in total. The monoisotopic (exact) mass is 209 g/mol. The second kappa shape index (κ2) is 4.86. The van der Waals surface area contributed by atoms with E-state index in [1.165, 1.54) is 45.3 Å². The fraction of sp³-hybridized carbons (Fsp3) is 1.00. The van der Waals surface area contributed by atoms with Crippen molar-refractivity contribution in [1.82, 2.24) is 4.90 Å². The van der Waals surface area contributed by atoms with Crippen molar-refractivity contribution in [3.63, 3.8) is 0 Å². The zero-order valence-electron chi connectivity index (χ0n) is 10.7. The van der Waals surface area contributed by atoms with Crippen LogP contribution in [0.3, 0.4) is 0 Å². The van der Waals surface area contributed by atoms with Crippen molar-refractivity contribution in [2.45, 2.75) is 46.5 Å². The highest BCUT2D eigenvalue weighted by Gasteiger charge is 2.29. The molecule has 2 saturated carbocycles. The Balaban J connectivity index is 1.74. The molecule has 1 atom stereocenters. The maximum atomic E-state index is 2.76. The molecule has 0 aliphatic heterocycles. The van der Waals surface area contributed by atoms with Crippen LogP contribution in [0.4, 0.5) is 0 Å². The summed E-state index contributed by atoms with van der Waals surface area (Å²) in [6, 6.07) is 0. The first-order valence-corrected chi connectivity index (χ1v) is 6.87. The van der Waals surface area contributed by atoms with Gasteiger partial charge in [0, 0.05) is 19.6 Å². The van der Waals surface area contributed by atoms with Crippen LogP contribution < -0.4 is 0 Å². The molecule has 0 unspecified atom stereocenters. The zero-order chi connectivity index (χ0) is 10.8. The quantitative estimate of drug-likeness (QED) is 0.621. The third-order valence-electron chi connectivity index (χ3n) is 4.11. The van der Waals surface area contributed by atoms with Crippen molar-refractivity contribution in [3.05, 3.63) is 0 Å². The summed E-state index contributed by atoms with van der Waals surface area (Å²) in [4.78, 5) is 2.76. The minimum absolute atomic E-state index is 0.839. The molecule has 88 valence electrons. The summed E-state index contributed by atoms with van der Waals surface area (Å²) in [6.45, 7) is 11.3. The topological polar surface area (TPSA) is 3.24 Å². The van der Waals surface area contributed by atoms with Crippen molar-refractivity contribution in [1.29, 1.82) is 0 Å². The lowest BCUT2D eigenvalue weighted by Gasteiger charge is -2.27. The predicted molar refractivity (Wildman–Crippen MR) is 65.9 cm³/mol. The van der Waals surface area contributed by atoms with Crippen LogP contribution in [-0.2, 0) is 0 Å². The lowest BCUT2D eigenvalue weighted by molar-refractivity contribution is 0.197. The van der Waals surface area contributed by atoms with Gasteiger partial charge in [0.2, 0.25) is 0 Å². The lowest BCUT2D eigenvalue weighted by atomic mass is 9.97. The molecule has 0 N–H and O–H groups in total. The third-order valence-corrected chi connectivity index (χ3v) is 4.11. The van der Waals surface area contributed by atoms with Gasteiger partial charge >= 0.3 is 0 Å². The molecule has 2 fully saturated rings. The van der Waals surface area contributed by atoms with Gasteiger partial charge in [0.25, 0.3) is 0 Å². The third kappa shape index (κ3) is 4.14. The highest BCUT2D eigenvalue weighted by molar-refractivity contribution is 4.83. The van der Waals surface area contributed by atoms with Crippen molar-refractivity contribution in [2.24, 2.45) is 23.7 Å². The van der Waals surface area contributed by atoms with E-state index in [9.17, 15) is 0 Å². The Morgan fingerprint density at radius 1 is 0.933 bits per heavy atom. The van der Waals surface area contributed by atoms with Crippen molar-refractivity contribution in [2.75, 3.05) is 19.6 Å². The summed E-state index contributed by atoms with van der Waals surface area (Å²) in [5.74, 6) is 3.82. The first-order valence-electron chi connectivity index (χ1n) is 6.87. The Morgan fingerprint density at radius 3 is 1.73 bits per heavy atom. The van der Waals surface area contributed by atoms with Gasteiger partial charge in [-0.25, -0.2) is 0 Å². The maximum Gasteiger partial charge on any atom is 0.000989 e. The Morgan fingerprint density at radius 2 is 1.40 bits per heavy atom. The van der Waals surface area contributed by atoms with Crippen molar-refractivity contribution in [3.8, 4) is 0 Å². The normalized spacial score (nSPS) is 23.8. The van der Waals surface area contributed by atoms with Crippen LogP contribution in [0.1, 0.15) is 46.5 Å². The molecule has 2 aliphatic carbocycles. The molecule has 1 heteroatoms. The molecule has 0 saturated heterocycles. The average molecular weight is 209 g/mol. The summed E-state index contributed by atoms with van der Waals surface area (Å²) in [5, 5.41) is 0. The summed E-state index contributed by atoms with van der Waals surface area (Å²) in [5.41, 5.74) is 0. The number of rotatable bonds is 7. The van der Waals surface area contributed by atoms with Gasteiger partial charge in [-0.1, -0.05) is 20.8 Å². The molecule has 0 aromatic rings. The van der Waals surface area contributed by atoms with Crippen LogP contribution in [0.25, 0.3) is 0 Å². The lowest BCUT2D eigenvalue weighted by Crippen LogP contribution is -2.34. The number of hydrogen-bond donors (Lipinski definition) is 0. The number of hydrogen-bond acceptors (Lipinski definition) is 1. The van der Waals surface area contributed by atoms with Crippen LogP contribution >= 0.6 is 0 Å². The van der Waals surface area contributed by atoms with E-state index in [0.29, 0.717) is 0 Å². The van der Waals surface area contributed by atoms with E-state index in [1.807, 2.05) is 0 Å². The van der Waals surface area contributed by atoms with E-state index in [0.717, 1.165) is 23.7 Å². The molecule has 15 heavy (non-hydrogen) atoms. The van der Waals surface area contributed by atoms with Crippen LogP contribution in [-0.4, -0.2) is 24.5 Å². The van der Waals surface area contributed by atoms with Crippen molar-refractivity contribution >= 4 is 0 Å². The molecular weight excluding hydrogens is 182 g/mol. The molecule has 0 heterocycles. The molecule has 2 rings (SSSR count). The number of nitrogens with zero attached hydrogens (tertiary/aromatic N) is 1. The first-order chi connectivity index (χ1) is 7.15. The first kappa shape index (κ1) is 11.4. The van der Waals surface area contributed by atoms with Crippen LogP contribution in [0.5, 0.6) is 0 Å². The smallest absolute Gasteiger partial charge is 0.000989 e. The summed E-state index contributed by atoms with van der Waals surface area (Å²) < 4.78 is 0. The van der Waals surface area contributed by atoms with Crippen LogP contribution in [0.15, 0.2) is 0 Å². The molecule has 0 radical (unpaired) electrons. The predicted octanol–water partition coefficient (Wildman–Crippen LogP) is 3.40. The Bertz CT molecular complexity index is 178. The average Bonchev–Trinajstić information content (AvgIpc) is 2.98. The van der Waals surface area contributed by atoms with Gasteiger partial charge in [0.15, 0.2) is 0 Å². The van der Waals surface area contributed by atoms with Gasteiger partial charge in [-0.05, 0) is 49.4 Å². The highest BCUT2D eigenvalue weighted by Crippen LogP contribution is 2.34. The summed E-state index contributed by atoms with van der Waals surface area (Å²) >= 11 is 0. The van der Waals surface area contributed by atoms with E-state index in [-0.39, 0.29) is 0 Å². The molecule has 0 amide bonds. The van der Waals surface area contributed by atoms with E-state index in [2.05, 4.69) is 25.7 Å². The molecular formula is C14H27N. The van der Waals surface area contributed by atoms with Gasteiger partial charge in [-0.3, -0.25) is 0 Å². The van der Waals surface area contributed by atoms with Crippen molar-refractivity contribution < 1.29 is 0 Å². The van der Waals surface area contributed by atoms with Gasteiger partial charge < -0.3 is 4.90 Å². The van der Waals surface area contributed by atoms with E-state index < -0.39 is 0 Å². The fourth-order valence-electron chi connectivity index (χ4n) is 2.17. The van der Waals surface area contributed by atoms with E-state index in [4.69, 9.17) is 0 Å². The Kier molecular flexibility index (Phi) is 3.71. The van der Waals surface area contributed by atoms with E-state index in [1.54, 1.807) is 0 Å². The standard InChI is InChI=1S/C14H27N/c1-11(2)12(3)8-15(9-13-4-5-13)10-14-6-7-14/h11-14H,4-10H2,1-3H3/t12-/m1/s1. The summed E-state index contributed by atoms with van der Waals surface area (Å²) in [7, 11) is 0. The minimum Gasteiger partial charge on any atom is -0.303 e. The molecule has 0 aromatic heterocycles. The second-order valence-electron chi connectivity index (χ2n) is 6.33. The zero-order valence-corrected chi connectivity index (χ0v) is 10.7. The molecule has 0 aromatic carbocycles. The molecule has 0 bridgehead atoms. The summed E-state index contributed by atoms with van der Waals surface area (Å²) in [6.07, 6.45) is 5.99. The van der Waals surface area contributed by atoms with Crippen LogP contribution in [0.2, 0.25) is 0 Å². The highest BCUT2D eigenvalue weighted by atomic mass is 15.1. The Hall–Kier alpha value is -0.0400. The second-order valence-corrected chi connectivity index (χ2v) is 6.33. The van der Waals surface area contributed by atoms with Gasteiger partial charge in [-0.2, -0.15) is 0 Å². The largest absolute Gasteiger partial charge is 0.303 e. The SMILES string of the molecule is CC(C)[C@H](C)CN(CC1CC1)CC1CC1. The minimum atomic E-state index is 0.839.